The summed E-state index contributed by atoms with van der Waals surface area (Å²) in [6.07, 6.45) is 1.47. The van der Waals surface area contributed by atoms with Crippen molar-refractivity contribution in [1.82, 2.24) is 20.6 Å². The lowest BCUT2D eigenvalue weighted by atomic mass is 10.1. The molecular weight excluding hydrogens is 360 g/mol. The predicted octanol–water partition coefficient (Wildman–Crippen LogP) is 1.17. The number of carbonyl (C=O) groups excluding carboxylic acids is 2. The third-order valence-electron chi connectivity index (χ3n) is 3.99. The van der Waals surface area contributed by atoms with E-state index in [9.17, 15) is 19.5 Å². The van der Waals surface area contributed by atoms with E-state index in [0.717, 1.165) is 0 Å². The molecule has 2 aromatic carbocycles. The van der Waals surface area contributed by atoms with Gasteiger partial charge >= 0.3 is 5.97 Å². The standard InChI is InChI=1S/C20H18N4O4/c25-18(12-22-19(26)13-6-2-1-3-7-13)24-17(20(27)28)10-14-11-21-15-8-4-5-9-16(15)23-14/h1-9,11,17H,10,12H2,(H,22,26)(H,24,25)(H,27,28)/t17-/m1/s1. The van der Waals surface area contributed by atoms with Gasteiger partial charge in [0.15, 0.2) is 0 Å². The molecule has 0 unspecified atom stereocenters. The van der Waals surface area contributed by atoms with E-state index in [2.05, 4.69) is 20.6 Å². The topological polar surface area (TPSA) is 121 Å². The number of carboxylic acid groups (broad SMARTS) is 1. The molecule has 1 atom stereocenters. The fourth-order valence-corrected chi connectivity index (χ4v) is 2.60. The van der Waals surface area contributed by atoms with Crippen LogP contribution in [0.25, 0.3) is 11.0 Å². The minimum atomic E-state index is -1.20. The van der Waals surface area contributed by atoms with Crippen molar-refractivity contribution in [3.05, 3.63) is 72.1 Å². The highest BCUT2D eigenvalue weighted by Gasteiger charge is 2.21. The van der Waals surface area contributed by atoms with Crippen LogP contribution < -0.4 is 10.6 Å². The molecule has 0 aliphatic heterocycles. The van der Waals surface area contributed by atoms with E-state index in [0.29, 0.717) is 22.3 Å². The lowest BCUT2D eigenvalue weighted by Crippen LogP contribution is -2.46. The van der Waals surface area contributed by atoms with Crippen LogP contribution in [-0.4, -0.2) is 45.4 Å². The molecule has 3 N–H and O–H groups in total. The molecule has 28 heavy (non-hydrogen) atoms. The van der Waals surface area contributed by atoms with Crippen molar-refractivity contribution in [1.29, 1.82) is 0 Å². The number of carboxylic acids is 1. The molecule has 8 heteroatoms. The van der Waals surface area contributed by atoms with Gasteiger partial charge in [-0.1, -0.05) is 30.3 Å². The summed E-state index contributed by atoms with van der Waals surface area (Å²) in [6.45, 7) is -0.332. The molecule has 0 spiro atoms. The molecule has 0 fully saturated rings. The molecule has 142 valence electrons. The van der Waals surface area contributed by atoms with Gasteiger partial charge in [0.25, 0.3) is 5.91 Å². The fraction of sp³-hybridized carbons (Fsp3) is 0.150. The van der Waals surface area contributed by atoms with Gasteiger partial charge < -0.3 is 15.7 Å². The van der Waals surface area contributed by atoms with Gasteiger partial charge in [-0.25, -0.2) is 9.78 Å². The summed E-state index contributed by atoms with van der Waals surface area (Å²) in [5, 5.41) is 14.3. The molecule has 0 aliphatic rings. The van der Waals surface area contributed by atoms with E-state index in [1.165, 1.54) is 6.20 Å². The van der Waals surface area contributed by atoms with E-state index in [1.807, 2.05) is 12.1 Å². The average Bonchev–Trinajstić information content (AvgIpc) is 2.72. The predicted molar refractivity (Wildman–Crippen MR) is 102 cm³/mol. The molecule has 0 bridgehead atoms. The maximum Gasteiger partial charge on any atom is 0.326 e. The van der Waals surface area contributed by atoms with Crippen molar-refractivity contribution in [3.63, 3.8) is 0 Å². The first-order valence-corrected chi connectivity index (χ1v) is 8.59. The summed E-state index contributed by atoms with van der Waals surface area (Å²) in [4.78, 5) is 44.2. The smallest absolute Gasteiger partial charge is 0.326 e. The second-order valence-corrected chi connectivity index (χ2v) is 6.06. The Morgan fingerprint density at radius 1 is 0.964 bits per heavy atom. The molecule has 8 nitrogen and oxygen atoms in total. The molecule has 2 amide bonds. The zero-order valence-electron chi connectivity index (χ0n) is 14.8. The van der Waals surface area contributed by atoms with Crippen molar-refractivity contribution < 1.29 is 19.5 Å². The first-order valence-electron chi connectivity index (χ1n) is 8.59. The van der Waals surface area contributed by atoms with Gasteiger partial charge in [0.05, 0.1) is 23.3 Å². The lowest BCUT2D eigenvalue weighted by Gasteiger charge is -2.14. The first-order chi connectivity index (χ1) is 13.5. The Labute approximate surface area is 160 Å². The zero-order valence-corrected chi connectivity index (χ0v) is 14.8. The van der Waals surface area contributed by atoms with Gasteiger partial charge in [-0.05, 0) is 24.3 Å². The van der Waals surface area contributed by atoms with Gasteiger partial charge in [-0.15, -0.1) is 0 Å². The number of hydrogen-bond donors (Lipinski definition) is 3. The summed E-state index contributed by atoms with van der Waals surface area (Å²) in [5.41, 5.74) is 2.20. The normalized spacial score (nSPS) is 11.6. The number of para-hydroxylation sites is 2. The number of amides is 2. The van der Waals surface area contributed by atoms with Gasteiger partial charge in [-0.3, -0.25) is 14.6 Å². The van der Waals surface area contributed by atoms with E-state index in [4.69, 9.17) is 0 Å². The van der Waals surface area contributed by atoms with Crippen LogP contribution in [-0.2, 0) is 16.0 Å². The first kappa shape index (κ1) is 19.0. The maximum atomic E-state index is 12.1. The lowest BCUT2D eigenvalue weighted by molar-refractivity contribution is -0.141. The number of rotatable bonds is 7. The molecule has 1 aromatic heterocycles. The van der Waals surface area contributed by atoms with E-state index < -0.39 is 23.8 Å². The van der Waals surface area contributed by atoms with Gasteiger partial charge in [-0.2, -0.15) is 0 Å². The molecule has 0 aliphatic carbocycles. The molecule has 0 saturated heterocycles. The number of benzene rings is 2. The van der Waals surface area contributed by atoms with Crippen molar-refractivity contribution in [2.45, 2.75) is 12.5 Å². The average molecular weight is 378 g/mol. The minimum absolute atomic E-state index is 0.0223. The molecule has 1 heterocycles. The van der Waals surface area contributed by atoms with Crippen LogP contribution in [0.15, 0.2) is 60.8 Å². The van der Waals surface area contributed by atoms with Crippen molar-refractivity contribution in [3.8, 4) is 0 Å². The number of aromatic nitrogens is 2. The Bertz CT molecular complexity index is 1010. The van der Waals surface area contributed by atoms with Crippen LogP contribution in [0.2, 0.25) is 0 Å². The number of hydrogen-bond acceptors (Lipinski definition) is 5. The second-order valence-electron chi connectivity index (χ2n) is 6.06. The Morgan fingerprint density at radius 3 is 2.36 bits per heavy atom. The third kappa shape index (κ3) is 4.88. The Kier molecular flexibility index (Phi) is 5.91. The quantitative estimate of drug-likeness (QED) is 0.567. The highest BCUT2D eigenvalue weighted by atomic mass is 16.4. The fourth-order valence-electron chi connectivity index (χ4n) is 2.60. The number of carbonyl (C=O) groups is 3. The molecule has 3 aromatic rings. The SMILES string of the molecule is O=C(CNC(=O)c1ccccc1)N[C@H](Cc1cnc2ccccc2n1)C(=O)O. The van der Waals surface area contributed by atoms with Crippen LogP contribution >= 0.6 is 0 Å². The molecule has 0 radical (unpaired) electrons. The summed E-state index contributed by atoms with van der Waals surface area (Å²) < 4.78 is 0. The van der Waals surface area contributed by atoms with Gasteiger partial charge in [0.1, 0.15) is 6.04 Å². The second kappa shape index (κ2) is 8.72. The monoisotopic (exact) mass is 378 g/mol. The Balaban J connectivity index is 1.59. The minimum Gasteiger partial charge on any atom is -0.480 e. The maximum absolute atomic E-state index is 12.1. The third-order valence-corrected chi connectivity index (χ3v) is 3.99. The summed E-state index contributed by atoms with van der Waals surface area (Å²) in [6, 6.07) is 14.5. The van der Waals surface area contributed by atoms with Gasteiger partial charge in [0.2, 0.25) is 5.91 Å². The number of aliphatic carboxylic acids is 1. The number of fused-ring (bicyclic) bond motifs is 1. The van der Waals surface area contributed by atoms with Crippen molar-refractivity contribution >= 4 is 28.8 Å². The van der Waals surface area contributed by atoms with Crippen LogP contribution in [0, 0.1) is 0 Å². The molecule has 0 saturated carbocycles. The number of nitrogens with one attached hydrogen (secondary N) is 2. The summed E-state index contributed by atoms with van der Waals surface area (Å²) >= 11 is 0. The van der Waals surface area contributed by atoms with E-state index in [-0.39, 0.29) is 13.0 Å². The van der Waals surface area contributed by atoms with Crippen LogP contribution in [0.3, 0.4) is 0 Å². The number of nitrogens with zero attached hydrogens (tertiary/aromatic N) is 2. The van der Waals surface area contributed by atoms with E-state index in [1.54, 1.807) is 42.5 Å². The van der Waals surface area contributed by atoms with Crippen LogP contribution in [0.4, 0.5) is 0 Å². The summed E-state index contributed by atoms with van der Waals surface area (Å²) in [7, 11) is 0. The van der Waals surface area contributed by atoms with Crippen LogP contribution in [0.1, 0.15) is 16.1 Å². The van der Waals surface area contributed by atoms with E-state index >= 15 is 0 Å². The Hall–Kier alpha value is -3.81. The largest absolute Gasteiger partial charge is 0.480 e. The highest BCUT2D eigenvalue weighted by Crippen LogP contribution is 2.10. The van der Waals surface area contributed by atoms with Crippen molar-refractivity contribution in [2.75, 3.05) is 6.54 Å². The van der Waals surface area contributed by atoms with Crippen LogP contribution in [0.5, 0.6) is 0 Å². The summed E-state index contributed by atoms with van der Waals surface area (Å²) in [5.74, 6) is -2.22. The Morgan fingerprint density at radius 2 is 1.64 bits per heavy atom. The van der Waals surface area contributed by atoms with Gasteiger partial charge in [0, 0.05) is 18.2 Å². The highest BCUT2D eigenvalue weighted by molar-refractivity contribution is 5.96. The molecule has 3 rings (SSSR count). The van der Waals surface area contributed by atoms with Crippen molar-refractivity contribution in [2.24, 2.45) is 0 Å². The zero-order chi connectivity index (χ0) is 19.9. The molecular formula is C20H18N4O4.